The number of aliphatic hydroxyl groups excluding tert-OH is 1. The molecule has 0 bridgehead atoms. The van der Waals surface area contributed by atoms with Gasteiger partial charge in [-0.05, 0) is 105 Å². The molecular weight excluding hydrogens is 795 g/mol. The Morgan fingerprint density at radius 3 is 2.34 bits per heavy atom. The van der Waals surface area contributed by atoms with Crippen molar-refractivity contribution < 1.29 is 48.1 Å². The van der Waals surface area contributed by atoms with Gasteiger partial charge in [0.1, 0.15) is 37.4 Å². The monoisotopic (exact) mass is 851 g/mol. The highest BCUT2D eigenvalue weighted by Gasteiger charge is 2.73. The van der Waals surface area contributed by atoms with Crippen molar-refractivity contribution in [2.45, 2.75) is 120 Å². The highest BCUT2D eigenvalue weighted by Crippen LogP contribution is 2.69. The first-order valence-corrected chi connectivity index (χ1v) is 22.0. The number of carbonyl (C=O) groups is 5. The fourth-order valence-electron chi connectivity index (χ4n) is 12.1. The predicted molar refractivity (Wildman–Crippen MR) is 224 cm³/mol. The number of nitrogens with zero attached hydrogens (tertiary/aromatic N) is 1. The van der Waals surface area contributed by atoms with E-state index in [0.717, 1.165) is 11.1 Å². The molecule has 8 rings (SSSR count). The number of rotatable bonds is 11. The Hall–Kier alpha value is -5.34. The third kappa shape index (κ3) is 7.95. The average molecular weight is 852 g/mol. The van der Waals surface area contributed by atoms with E-state index in [1.807, 2.05) is 60.7 Å². The lowest BCUT2D eigenvalue weighted by Crippen LogP contribution is -2.70. The molecule has 4 aliphatic carbocycles. The second kappa shape index (κ2) is 17.4. The van der Waals surface area contributed by atoms with Gasteiger partial charge < -0.3 is 39.6 Å². The summed E-state index contributed by atoms with van der Waals surface area (Å²) in [6.07, 6.45) is 3.71. The SMILES string of the molecule is C[C@]12CC[C@H](OC(=O)[C@H](Cc3ccccc3)NC(=O)[C@@H]3CCCN3C(=O)CNC(=O)OCc3ccccc3)C[C@H]1CC[C@@H]1[C@@H]2[C@H](O)C(=O)[C@]2(C)[C@@H](c3ccc(=O)oc3)CC[C@]12O. The van der Waals surface area contributed by atoms with Crippen molar-refractivity contribution in [3.8, 4) is 0 Å². The van der Waals surface area contributed by atoms with Gasteiger partial charge in [-0.15, -0.1) is 0 Å². The highest BCUT2D eigenvalue weighted by atomic mass is 16.6. The summed E-state index contributed by atoms with van der Waals surface area (Å²) in [7, 11) is 0. The van der Waals surface area contributed by atoms with E-state index in [1.54, 1.807) is 13.0 Å². The molecule has 62 heavy (non-hydrogen) atoms. The van der Waals surface area contributed by atoms with Gasteiger partial charge in [-0.2, -0.15) is 0 Å². The number of Topliss-reactive ketones (excluding diaryl/α,β-unsaturated/α-hetero) is 1. The van der Waals surface area contributed by atoms with Crippen molar-refractivity contribution in [2.75, 3.05) is 13.1 Å². The van der Waals surface area contributed by atoms with E-state index >= 15 is 0 Å². The summed E-state index contributed by atoms with van der Waals surface area (Å²) in [5.41, 5.74) is -1.37. The van der Waals surface area contributed by atoms with Gasteiger partial charge in [-0.1, -0.05) is 67.6 Å². The van der Waals surface area contributed by atoms with E-state index in [2.05, 4.69) is 17.6 Å². The number of esters is 1. The average Bonchev–Trinajstić information content (AvgIpc) is 3.88. The van der Waals surface area contributed by atoms with Crippen molar-refractivity contribution in [3.63, 3.8) is 0 Å². The minimum absolute atomic E-state index is 0.00393. The number of alkyl carbamates (subject to hydrolysis) is 1. The summed E-state index contributed by atoms with van der Waals surface area (Å²) in [4.78, 5) is 81.2. The van der Waals surface area contributed by atoms with Crippen LogP contribution in [0, 0.1) is 28.6 Å². The van der Waals surface area contributed by atoms with Gasteiger partial charge in [0.15, 0.2) is 5.78 Å². The van der Waals surface area contributed by atoms with Crippen LogP contribution >= 0.6 is 0 Å². The summed E-state index contributed by atoms with van der Waals surface area (Å²) >= 11 is 0. The molecule has 5 fully saturated rings. The van der Waals surface area contributed by atoms with E-state index in [0.29, 0.717) is 69.9 Å². The summed E-state index contributed by atoms with van der Waals surface area (Å²) < 4.78 is 16.6. The van der Waals surface area contributed by atoms with Crippen molar-refractivity contribution in [1.82, 2.24) is 15.5 Å². The molecule has 11 atom stereocenters. The Morgan fingerprint density at radius 1 is 0.903 bits per heavy atom. The Kier molecular flexibility index (Phi) is 12.2. The highest BCUT2D eigenvalue weighted by molar-refractivity contribution is 5.93. The fraction of sp³-hybridized carbons (Fsp3) is 0.542. The van der Waals surface area contributed by atoms with Gasteiger partial charge in [0.05, 0.1) is 17.3 Å². The van der Waals surface area contributed by atoms with Gasteiger partial charge in [-0.25, -0.2) is 14.4 Å². The first-order chi connectivity index (χ1) is 29.7. The van der Waals surface area contributed by atoms with E-state index in [9.17, 15) is 39.0 Å². The van der Waals surface area contributed by atoms with Gasteiger partial charge in [-0.3, -0.25) is 14.4 Å². The second-order valence-electron chi connectivity index (χ2n) is 18.6. The lowest BCUT2D eigenvalue weighted by atomic mass is 9.42. The molecule has 0 spiro atoms. The Balaban J connectivity index is 0.913. The minimum atomic E-state index is -1.36. The molecule has 2 heterocycles. The van der Waals surface area contributed by atoms with Crippen LogP contribution in [0.25, 0.3) is 0 Å². The molecule has 14 nitrogen and oxygen atoms in total. The maximum atomic E-state index is 14.4. The lowest BCUT2D eigenvalue weighted by molar-refractivity contribution is -0.229. The molecule has 4 N–H and O–H groups in total. The smallest absolute Gasteiger partial charge is 0.407 e. The van der Waals surface area contributed by atoms with Crippen molar-refractivity contribution in [2.24, 2.45) is 28.6 Å². The number of aliphatic hydroxyl groups is 2. The summed E-state index contributed by atoms with van der Waals surface area (Å²) in [6, 6.07) is 19.5. The van der Waals surface area contributed by atoms with E-state index in [-0.39, 0.29) is 37.2 Å². The number of ketones is 1. The molecule has 1 saturated heterocycles. The fourth-order valence-corrected chi connectivity index (χ4v) is 12.1. The third-order valence-corrected chi connectivity index (χ3v) is 15.4. The third-order valence-electron chi connectivity index (χ3n) is 15.4. The van der Waals surface area contributed by atoms with Crippen molar-refractivity contribution in [1.29, 1.82) is 0 Å². The molecule has 3 amide bonds. The van der Waals surface area contributed by atoms with Crippen LogP contribution in [0.3, 0.4) is 0 Å². The predicted octanol–water partition coefficient (Wildman–Crippen LogP) is 4.59. The number of hydrogen-bond donors (Lipinski definition) is 4. The molecule has 3 aromatic rings. The van der Waals surface area contributed by atoms with Gasteiger partial charge >= 0.3 is 17.7 Å². The van der Waals surface area contributed by atoms with Crippen LogP contribution in [0.5, 0.6) is 0 Å². The van der Waals surface area contributed by atoms with E-state index in [1.165, 1.54) is 17.2 Å². The zero-order valence-electron chi connectivity index (χ0n) is 35.3. The molecule has 0 radical (unpaired) electrons. The maximum Gasteiger partial charge on any atom is 0.407 e. The zero-order valence-corrected chi connectivity index (χ0v) is 35.3. The summed E-state index contributed by atoms with van der Waals surface area (Å²) in [5.74, 6) is -3.15. The van der Waals surface area contributed by atoms with Crippen LogP contribution in [0.1, 0.15) is 94.2 Å². The largest absolute Gasteiger partial charge is 0.461 e. The number of ether oxygens (including phenoxy) is 2. The molecule has 330 valence electrons. The van der Waals surface area contributed by atoms with E-state index < -0.39 is 82.1 Å². The quantitative estimate of drug-likeness (QED) is 0.197. The van der Waals surface area contributed by atoms with Crippen molar-refractivity contribution in [3.05, 3.63) is 106 Å². The normalized spacial score (nSPS) is 33.0. The van der Waals surface area contributed by atoms with Crippen LogP contribution in [0.4, 0.5) is 4.79 Å². The standard InChI is InChI=1S/C48H57N3O11/c1-46-21-19-33(25-32(46)16-17-35-40(46)41(54)42(55)47(2)34(20-22-48(35,47)59)31-15-18-39(53)60-28-31)62-44(57)36(24-29-10-5-3-6-11-29)50-43(56)37-14-9-23-51(37)38(52)26-49-45(58)61-27-30-12-7-4-8-13-30/h3-8,10-13,15,18,28,32-37,40-41,54,59H,9,14,16-17,19-27H2,1-2H3,(H,49,58)(H,50,56)/t32-,33+,34-,35-,36+,37+,40-,41+,46+,47+,48+/m1/s1. The Morgan fingerprint density at radius 2 is 1.63 bits per heavy atom. The van der Waals surface area contributed by atoms with Crippen LogP contribution in [-0.4, -0.2) is 87.8 Å². The number of nitrogens with one attached hydrogen (secondary N) is 2. The first-order valence-electron chi connectivity index (χ1n) is 22.0. The van der Waals surface area contributed by atoms with Crippen LogP contribution in [0.15, 0.2) is 88.3 Å². The van der Waals surface area contributed by atoms with Crippen LogP contribution in [0.2, 0.25) is 0 Å². The second-order valence-corrected chi connectivity index (χ2v) is 18.6. The van der Waals surface area contributed by atoms with Crippen LogP contribution in [-0.2, 0) is 41.7 Å². The maximum absolute atomic E-state index is 14.4. The van der Waals surface area contributed by atoms with Crippen molar-refractivity contribution >= 4 is 29.7 Å². The Labute approximate surface area is 360 Å². The lowest BCUT2D eigenvalue weighted by Gasteiger charge is -2.64. The zero-order chi connectivity index (χ0) is 43.8. The number of fused-ring (bicyclic) bond motifs is 5. The van der Waals surface area contributed by atoms with Crippen LogP contribution < -0.4 is 16.3 Å². The topological polar surface area (TPSA) is 202 Å². The molecule has 5 aliphatic rings. The number of amides is 3. The minimum Gasteiger partial charge on any atom is -0.461 e. The molecule has 1 aliphatic heterocycles. The number of likely N-dealkylation sites (tertiary alicyclic amines) is 1. The summed E-state index contributed by atoms with van der Waals surface area (Å²) in [6.45, 7) is 3.88. The first kappa shape index (κ1) is 43.3. The summed E-state index contributed by atoms with van der Waals surface area (Å²) in [5, 5.41) is 30.0. The number of carbonyl (C=O) groups excluding carboxylic acids is 5. The molecule has 1 aromatic heterocycles. The molecular formula is C48H57N3O11. The molecule has 2 aromatic carbocycles. The number of hydrogen-bond acceptors (Lipinski definition) is 11. The molecule has 0 unspecified atom stereocenters. The van der Waals surface area contributed by atoms with Gasteiger partial charge in [0.2, 0.25) is 11.8 Å². The van der Waals surface area contributed by atoms with Gasteiger partial charge in [0.25, 0.3) is 0 Å². The van der Waals surface area contributed by atoms with E-state index in [4.69, 9.17) is 13.9 Å². The molecule has 14 heteroatoms. The van der Waals surface area contributed by atoms with Gasteiger partial charge in [0, 0.05) is 30.9 Å². The Bertz CT molecular complexity index is 2200. The molecule has 4 saturated carbocycles. The number of benzene rings is 2.